The molecule has 0 aromatic heterocycles. The van der Waals surface area contributed by atoms with Crippen molar-refractivity contribution >= 4 is 21.4 Å². The molecule has 0 N–H and O–H groups in total. The molecule has 4 nitrogen and oxygen atoms in total. The second kappa shape index (κ2) is 7.92. The Morgan fingerprint density at radius 1 is 0.767 bits per heavy atom. The minimum atomic E-state index is -3.78. The normalized spacial score (nSPS) is 16.8. The minimum Gasteiger partial charge on any atom is -0.258 e. The van der Waals surface area contributed by atoms with E-state index in [9.17, 15) is 8.42 Å². The van der Waals surface area contributed by atoms with E-state index in [4.69, 9.17) is 4.99 Å². The van der Waals surface area contributed by atoms with Gasteiger partial charge in [-0.1, -0.05) is 77.9 Å². The number of hydrogen-bond acceptors (Lipinski definition) is 3. The summed E-state index contributed by atoms with van der Waals surface area (Å²) in [6, 6.07) is 24.0. The first-order valence-corrected chi connectivity index (χ1v) is 11.3. The zero-order chi connectivity index (χ0) is 21.3. The third-order valence-corrected chi connectivity index (χ3v) is 6.99. The molecule has 0 saturated heterocycles. The van der Waals surface area contributed by atoms with Crippen molar-refractivity contribution < 1.29 is 8.42 Å². The molecule has 1 unspecified atom stereocenters. The summed E-state index contributed by atoms with van der Waals surface area (Å²) in [6.45, 7) is 5.84. The standard InChI is InChI=1S/C25H24N2O2S/c1-18-9-13-22(14-10-18)25-20(3)26-24(21-7-5-4-6-8-21)17-27(25)30(28,29)23-15-11-19(2)12-16-23/h4-17,25H,1-3H3. The van der Waals surface area contributed by atoms with Crippen LogP contribution in [0.4, 0.5) is 0 Å². The predicted molar refractivity (Wildman–Crippen MR) is 122 cm³/mol. The van der Waals surface area contributed by atoms with E-state index >= 15 is 0 Å². The van der Waals surface area contributed by atoms with E-state index < -0.39 is 16.1 Å². The van der Waals surface area contributed by atoms with Gasteiger partial charge >= 0.3 is 0 Å². The van der Waals surface area contributed by atoms with E-state index in [1.807, 2.05) is 87.5 Å². The van der Waals surface area contributed by atoms with E-state index in [2.05, 4.69) is 0 Å². The van der Waals surface area contributed by atoms with Crippen LogP contribution in [0.1, 0.15) is 35.2 Å². The van der Waals surface area contributed by atoms with Crippen LogP contribution >= 0.6 is 0 Å². The molecule has 0 bridgehead atoms. The topological polar surface area (TPSA) is 49.7 Å². The van der Waals surface area contributed by atoms with Gasteiger partial charge in [0.15, 0.2) is 0 Å². The molecule has 0 aliphatic carbocycles. The van der Waals surface area contributed by atoms with Crippen molar-refractivity contribution in [1.29, 1.82) is 0 Å². The summed E-state index contributed by atoms with van der Waals surface area (Å²) in [6.07, 6.45) is 1.65. The van der Waals surface area contributed by atoms with Crippen molar-refractivity contribution in [3.63, 3.8) is 0 Å². The van der Waals surface area contributed by atoms with Crippen molar-refractivity contribution in [2.45, 2.75) is 31.7 Å². The maximum absolute atomic E-state index is 13.7. The smallest absolute Gasteiger partial charge is 0.258 e. The number of sulfonamides is 1. The van der Waals surface area contributed by atoms with Crippen molar-refractivity contribution in [2.24, 2.45) is 4.99 Å². The Balaban J connectivity index is 1.88. The molecule has 0 radical (unpaired) electrons. The van der Waals surface area contributed by atoms with E-state index in [1.165, 1.54) is 4.31 Å². The molecule has 0 spiro atoms. The van der Waals surface area contributed by atoms with Gasteiger partial charge in [0, 0.05) is 17.5 Å². The number of hydrogen-bond donors (Lipinski definition) is 0. The van der Waals surface area contributed by atoms with Gasteiger partial charge in [-0.05, 0) is 38.5 Å². The first kappa shape index (κ1) is 20.1. The highest BCUT2D eigenvalue weighted by molar-refractivity contribution is 7.89. The Hall–Kier alpha value is -3.18. The summed E-state index contributed by atoms with van der Waals surface area (Å²) in [7, 11) is -3.78. The van der Waals surface area contributed by atoms with Crippen LogP contribution in [0.3, 0.4) is 0 Å². The van der Waals surface area contributed by atoms with Crippen molar-refractivity contribution in [2.75, 3.05) is 0 Å². The van der Waals surface area contributed by atoms with Gasteiger partial charge in [-0.25, -0.2) is 8.42 Å². The number of aliphatic imine (C=N–C) groups is 1. The highest BCUT2D eigenvalue weighted by Crippen LogP contribution is 2.36. The van der Waals surface area contributed by atoms with Gasteiger partial charge in [0.05, 0.1) is 10.6 Å². The molecule has 0 amide bonds. The third-order valence-electron chi connectivity index (χ3n) is 5.26. The Labute approximate surface area is 178 Å². The average molecular weight is 417 g/mol. The molecule has 0 fully saturated rings. The second-order valence-electron chi connectivity index (χ2n) is 7.59. The van der Waals surface area contributed by atoms with Crippen molar-refractivity contribution in [3.05, 3.63) is 107 Å². The van der Waals surface area contributed by atoms with Gasteiger partial charge in [0.1, 0.15) is 6.04 Å². The fourth-order valence-electron chi connectivity index (χ4n) is 3.58. The predicted octanol–water partition coefficient (Wildman–Crippen LogP) is 5.51. The number of nitrogens with zero attached hydrogens (tertiary/aromatic N) is 2. The molecule has 1 atom stereocenters. The molecule has 1 aliphatic rings. The van der Waals surface area contributed by atoms with E-state index in [1.54, 1.807) is 18.3 Å². The molecule has 3 aromatic carbocycles. The van der Waals surface area contributed by atoms with Crippen LogP contribution in [0, 0.1) is 13.8 Å². The summed E-state index contributed by atoms with van der Waals surface area (Å²) in [4.78, 5) is 5.04. The van der Waals surface area contributed by atoms with Crippen LogP contribution in [0.25, 0.3) is 5.70 Å². The molecule has 5 heteroatoms. The maximum atomic E-state index is 13.7. The molecule has 3 aromatic rings. The van der Waals surface area contributed by atoms with Gasteiger partial charge in [0.25, 0.3) is 10.0 Å². The van der Waals surface area contributed by atoms with Crippen LogP contribution in [0.2, 0.25) is 0 Å². The quantitative estimate of drug-likeness (QED) is 0.563. The van der Waals surface area contributed by atoms with Crippen LogP contribution in [-0.4, -0.2) is 18.4 Å². The largest absolute Gasteiger partial charge is 0.264 e. The van der Waals surface area contributed by atoms with Crippen LogP contribution < -0.4 is 0 Å². The zero-order valence-electron chi connectivity index (χ0n) is 17.3. The summed E-state index contributed by atoms with van der Waals surface area (Å²) >= 11 is 0. The van der Waals surface area contributed by atoms with Gasteiger partial charge in [-0.3, -0.25) is 9.30 Å². The fourth-order valence-corrected chi connectivity index (χ4v) is 5.10. The first-order valence-electron chi connectivity index (χ1n) is 9.85. The monoisotopic (exact) mass is 416 g/mol. The Morgan fingerprint density at radius 3 is 1.93 bits per heavy atom. The molecule has 30 heavy (non-hydrogen) atoms. The lowest BCUT2D eigenvalue weighted by molar-refractivity contribution is 0.468. The lowest BCUT2D eigenvalue weighted by Crippen LogP contribution is -2.36. The van der Waals surface area contributed by atoms with Gasteiger partial charge in [-0.15, -0.1) is 0 Å². The maximum Gasteiger partial charge on any atom is 0.264 e. The zero-order valence-corrected chi connectivity index (χ0v) is 18.1. The average Bonchev–Trinajstić information content (AvgIpc) is 2.75. The van der Waals surface area contributed by atoms with Gasteiger partial charge in [-0.2, -0.15) is 0 Å². The van der Waals surface area contributed by atoms with Crippen molar-refractivity contribution in [1.82, 2.24) is 4.31 Å². The Kier molecular flexibility index (Phi) is 5.31. The highest BCUT2D eigenvalue weighted by atomic mass is 32.2. The summed E-state index contributed by atoms with van der Waals surface area (Å²) in [5.41, 5.74) is 5.27. The summed E-state index contributed by atoms with van der Waals surface area (Å²) < 4.78 is 28.8. The fraction of sp³-hybridized carbons (Fsp3) is 0.160. The van der Waals surface area contributed by atoms with Crippen LogP contribution in [-0.2, 0) is 10.0 Å². The SMILES string of the molecule is CC1=NC(c2ccccc2)=CN(S(=O)(=O)c2ccc(C)cc2)C1c1ccc(C)cc1. The number of rotatable bonds is 4. The molecule has 0 saturated carbocycles. The van der Waals surface area contributed by atoms with Crippen LogP contribution in [0.5, 0.6) is 0 Å². The Morgan fingerprint density at radius 2 is 1.33 bits per heavy atom. The third kappa shape index (κ3) is 3.81. The molecule has 4 rings (SSSR count). The lowest BCUT2D eigenvalue weighted by atomic mass is 10.00. The minimum absolute atomic E-state index is 0.267. The number of benzene rings is 3. The van der Waals surface area contributed by atoms with Crippen LogP contribution in [0.15, 0.2) is 95.0 Å². The first-order chi connectivity index (χ1) is 14.4. The van der Waals surface area contributed by atoms with Crippen molar-refractivity contribution in [3.8, 4) is 0 Å². The van der Waals surface area contributed by atoms with Gasteiger partial charge in [0.2, 0.25) is 0 Å². The summed E-state index contributed by atoms with van der Waals surface area (Å²) in [5.74, 6) is 0. The number of aryl methyl sites for hydroxylation is 2. The molecule has 152 valence electrons. The second-order valence-corrected chi connectivity index (χ2v) is 9.44. The van der Waals surface area contributed by atoms with E-state index in [-0.39, 0.29) is 4.90 Å². The molecular weight excluding hydrogens is 392 g/mol. The Bertz CT molecular complexity index is 1210. The lowest BCUT2D eigenvalue weighted by Gasteiger charge is -2.34. The van der Waals surface area contributed by atoms with Gasteiger partial charge < -0.3 is 0 Å². The summed E-state index contributed by atoms with van der Waals surface area (Å²) in [5, 5.41) is 0. The van der Waals surface area contributed by atoms with E-state index in [0.717, 1.165) is 28.0 Å². The molecule has 1 aliphatic heterocycles. The molecular formula is C25H24N2O2S. The highest BCUT2D eigenvalue weighted by Gasteiger charge is 2.35. The molecule has 1 heterocycles. The van der Waals surface area contributed by atoms with E-state index in [0.29, 0.717) is 5.70 Å².